The molecule has 16 heteroatoms. The Morgan fingerprint density at radius 2 is 1.61 bits per heavy atom. The van der Waals surface area contributed by atoms with Crippen molar-refractivity contribution in [1.29, 1.82) is 0 Å². The predicted octanol–water partition coefficient (Wildman–Crippen LogP) is 7.02. The molecule has 14 nitrogen and oxygen atoms in total. The van der Waals surface area contributed by atoms with E-state index in [1.807, 2.05) is 42.5 Å². The van der Waals surface area contributed by atoms with Gasteiger partial charge in [0.1, 0.15) is 39.5 Å². The Hall–Kier alpha value is -6.00. The van der Waals surface area contributed by atoms with Crippen molar-refractivity contribution < 1.29 is 41.8 Å². The fourth-order valence-electron chi connectivity index (χ4n) is 6.60. The van der Waals surface area contributed by atoms with Crippen LogP contribution in [0.3, 0.4) is 0 Å². The minimum Gasteiger partial charge on any atom is -0.497 e. The molecule has 59 heavy (non-hydrogen) atoms. The van der Waals surface area contributed by atoms with Gasteiger partial charge in [-0.05, 0) is 61.9 Å². The summed E-state index contributed by atoms with van der Waals surface area (Å²) in [6, 6.07) is 23.4. The Morgan fingerprint density at radius 1 is 0.898 bits per heavy atom. The number of thiophene rings is 1. The van der Waals surface area contributed by atoms with Crippen molar-refractivity contribution in [2.24, 2.45) is 5.41 Å². The van der Waals surface area contributed by atoms with Gasteiger partial charge in [0, 0.05) is 29.5 Å². The Bertz CT molecular complexity index is 2460. The van der Waals surface area contributed by atoms with Crippen LogP contribution < -0.4 is 24.8 Å². The van der Waals surface area contributed by atoms with E-state index in [0.29, 0.717) is 28.1 Å². The number of fused-ring (bicyclic) bond motifs is 1. The third kappa shape index (κ3) is 10.2. The number of rotatable bonds is 11. The van der Waals surface area contributed by atoms with Crippen LogP contribution in [0.15, 0.2) is 101 Å². The molecule has 0 spiro atoms. The molecule has 0 unspecified atom stereocenters. The second-order valence-electron chi connectivity index (χ2n) is 16.1. The van der Waals surface area contributed by atoms with Crippen LogP contribution in [0.25, 0.3) is 22.2 Å². The normalized spacial score (nSPS) is 16.2. The van der Waals surface area contributed by atoms with Crippen LogP contribution >= 0.6 is 11.3 Å². The van der Waals surface area contributed by atoms with E-state index in [-0.39, 0.29) is 28.4 Å². The van der Waals surface area contributed by atoms with Crippen LogP contribution in [-0.4, -0.2) is 79.6 Å². The summed E-state index contributed by atoms with van der Waals surface area (Å²) in [4.78, 5) is 61.9. The number of anilines is 1. The number of aromatic nitrogens is 1. The highest BCUT2D eigenvalue weighted by Crippen LogP contribution is 2.36. The zero-order chi connectivity index (χ0) is 42.7. The number of nitrogens with one attached hydrogen (secondary N) is 3. The van der Waals surface area contributed by atoms with Crippen LogP contribution in [0.5, 0.6) is 11.5 Å². The highest BCUT2D eigenvalue weighted by molar-refractivity contribution is 7.92. The Balaban J connectivity index is 1.35. The summed E-state index contributed by atoms with van der Waals surface area (Å²) < 4.78 is 45.5. The third-order valence-corrected chi connectivity index (χ3v) is 12.1. The number of carbonyl (C=O) groups is 4. The number of alkyl carbamates (subject to hydrolysis) is 1. The maximum atomic E-state index is 14.7. The number of likely N-dealkylation sites (tertiary alicyclic amines) is 1. The van der Waals surface area contributed by atoms with Gasteiger partial charge in [-0.3, -0.25) is 14.4 Å². The molecule has 3 heterocycles. The second-order valence-corrected chi connectivity index (χ2v) is 18.9. The molecule has 3 aromatic carbocycles. The molecule has 1 fully saturated rings. The van der Waals surface area contributed by atoms with E-state index in [4.69, 9.17) is 19.2 Å². The van der Waals surface area contributed by atoms with Gasteiger partial charge in [0.25, 0.3) is 15.9 Å². The topological polar surface area (TPSA) is 182 Å². The monoisotopic (exact) mass is 841 g/mol. The molecule has 5 aromatic rings. The number of sulfonamides is 1. The van der Waals surface area contributed by atoms with E-state index in [1.54, 1.807) is 78.3 Å². The summed E-state index contributed by atoms with van der Waals surface area (Å²) in [5, 5.41) is 7.74. The van der Waals surface area contributed by atoms with Crippen molar-refractivity contribution in [3.8, 4) is 22.8 Å². The molecule has 310 valence electrons. The maximum absolute atomic E-state index is 14.7. The van der Waals surface area contributed by atoms with Gasteiger partial charge in [0.2, 0.25) is 11.8 Å². The molecular formula is C43H47N5O9S2. The molecule has 0 saturated carbocycles. The first kappa shape index (κ1) is 42.6. The zero-order valence-corrected chi connectivity index (χ0v) is 35.4. The van der Waals surface area contributed by atoms with Crippen molar-refractivity contribution in [3.63, 3.8) is 0 Å². The lowest BCUT2D eigenvalue weighted by Crippen LogP contribution is -2.57. The van der Waals surface area contributed by atoms with Crippen molar-refractivity contribution in [2.45, 2.75) is 76.0 Å². The molecule has 0 aliphatic carbocycles. The van der Waals surface area contributed by atoms with Crippen molar-refractivity contribution in [1.82, 2.24) is 19.9 Å². The largest absolute Gasteiger partial charge is 0.497 e. The van der Waals surface area contributed by atoms with Gasteiger partial charge in [0.15, 0.2) is 0 Å². The average Bonchev–Trinajstić information content (AvgIpc) is 3.88. The minimum absolute atomic E-state index is 0.0165. The molecular weight excluding hydrogens is 795 g/mol. The number of amides is 4. The van der Waals surface area contributed by atoms with E-state index < -0.39 is 63.0 Å². The predicted molar refractivity (Wildman–Crippen MR) is 225 cm³/mol. The van der Waals surface area contributed by atoms with Gasteiger partial charge >= 0.3 is 6.09 Å². The van der Waals surface area contributed by atoms with E-state index in [9.17, 15) is 27.6 Å². The van der Waals surface area contributed by atoms with Gasteiger partial charge in [-0.25, -0.2) is 22.9 Å². The maximum Gasteiger partial charge on any atom is 0.408 e. The molecule has 1 saturated heterocycles. The number of pyridine rings is 1. The van der Waals surface area contributed by atoms with Crippen LogP contribution in [0.4, 0.5) is 10.5 Å². The summed E-state index contributed by atoms with van der Waals surface area (Å²) in [6.07, 6.45) is -1.52. The number of para-hydroxylation sites is 1. The Morgan fingerprint density at radius 3 is 2.27 bits per heavy atom. The molecule has 3 N–H and O–H groups in total. The number of hydrogen-bond donors (Lipinski definition) is 3. The molecule has 0 radical (unpaired) electrons. The second kappa shape index (κ2) is 17.1. The smallest absolute Gasteiger partial charge is 0.408 e. The third-order valence-electron chi connectivity index (χ3n) is 9.38. The lowest BCUT2D eigenvalue weighted by atomic mass is 9.85. The zero-order valence-electron chi connectivity index (χ0n) is 33.8. The number of hydrogen-bond acceptors (Lipinski definition) is 11. The first-order chi connectivity index (χ1) is 27.8. The van der Waals surface area contributed by atoms with E-state index in [1.165, 1.54) is 29.2 Å². The highest BCUT2D eigenvalue weighted by Gasteiger charge is 2.46. The molecule has 3 atom stereocenters. The minimum atomic E-state index is -4.19. The number of benzene rings is 3. The first-order valence-corrected chi connectivity index (χ1v) is 21.2. The van der Waals surface area contributed by atoms with Crippen molar-refractivity contribution in [2.75, 3.05) is 19.0 Å². The molecule has 2 aromatic heterocycles. The lowest BCUT2D eigenvalue weighted by molar-refractivity contribution is -0.140. The molecule has 0 bridgehead atoms. The number of carbonyl (C=O) groups excluding carboxylic acids is 4. The Kier molecular flexibility index (Phi) is 12.3. The summed E-state index contributed by atoms with van der Waals surface area (Å²) >= 11 is 0.949. The SMILES string of the molecule is COc1ccc2c(O[C@@H]3C[C@@H](C(=O)Nc4ccccc4C(=O)NS(=O)(=O)c4cccs4)N(C(=O)[C@@H](NC(=O)OC(C)(C)C)C(C)(C)C)C3)cc(-c3ccccc3)nc2c1. The Labute approximate surface area is 347 Å². The van der Waals surface area contributed by atoms with Crippen LogP contribution in [0.1, 0.15) is 58.3 Å². The van der Waals surface area contributed by atoms with Gasteiger partial charge in [-0.1, -0.05) is 69.3 Å². The van der Waals surface area contributed by atoms with E-state index in [2.05, 4.69) is 15.4 Å². The van der Waals surface area contributed by atoms with Crippen molar-refractivity contribution >= 4 is 61.8 Å². The average molecular weight is 842 g/mol. The lowest BCUT2D eigenvalue weighted by Gasteiger charge is -2.35. The van der Waals surface area contributed by atoms with Gasteiger partial charge in [0.05, 0.1) is 36.1 Å². The number of ether oxygens (including phenoxy) is 3. The van der Waals surface area contributed by atoms with Crippen LogP contribution in [0.2, 0.25) is 0 Å². The standard InChI is InChI=1S/C43H47N5O9S2/c1-42(2,3)37(46-41(52)57-43(4,5)6)40(51)48-25-28(56-35-24-32(26-14-9-8-10-15-26)44-33-22-27(55-7)19-20-29(33)35)23-34(48)39(50)45-31-17-12-11-16-30(31)38(49)47-59(53,54)36-18-13-21-58-36/h8-22,24,28,34,37H,23,25H2,1-7H3,(H,45,50)(H,46,52)(H,47,49)/t28-,34+,37-/m1/s1. The van der Waals surface area contributed by atoms with E-state index in [0.717, 1.165) is 16.9 Å². The summed E-state index contributed by atoms with van der Waals surface area (Å²) in [5.74, 6) is -1.12. The molecule has 6 rings (SSSR count). The number of nitrogens with zero attached hydrogens (tertiary/aromatic N) is 2. The van der Waals surface area contributed by atoms with E-state index >= 15 is 0 Å². The van der Waals surface area contributed by atoms with Crippen LogP contribution in [0, 0.1) is 5.41 Å². The molecule has 4 amide bonds. The van der Waals surface area contributed by atoms with Gasteiger partial charge < -0.3 is 29.7 Å². The molecule has 1 aliphatic heterocycles. The summed E-state index contributed by atoms with van der Waals surface area (Å²) in [6.45, 7) is 10.4. The van der Waals surface area contributed by atoms with Gasteiger partial charge in [-0.2, -0.15) is 0 Å². The highest BCUT2D eigenvalue weighted by atomic mass is 32.2. The van der Waals surface area contributed by atoms with Crippen molar-refractivity contribution in [3.05, 3.63) is 102 Å². The van der Waals surface area contributed by atoms with Gasteiger partial charge in [-0.15, -0.1) is 11.3 Å². The summed E-state index contributed by atoms with van der Waals surface area (Å²) in [5.41, 5.74) is 0.304. The first-order valence-electron chi connectivity index (χ1n) is 18.8. The fraction of sp³-hybridized carbons (Fsp3) is 0.326. The summed E-state index contributed by atoms with van der Waals surface area (Å²) in [7, 11) is -2.62. The quantitative estimate of drug-likeness (QED) is 0.125. The van der Waals surface area contributed by atoms with Crippen LogP contribution in [-0.2, 0) is 24.3 Å². The fourth-order valence-corrected chi connectivity index (χ4v) is 8.56. The number of methoxy groups -OCH3 is 1. The molecule has 1 aliphatic rings.